The Bertz CT molecular complexity index is 451. The molecule has 2 aromatic rings. The number of carbonyl (C=O) groups is 1. The number of hydrogen-bond donors (Lipinski definition) is 2. The SMILES string of the molecule is Nc1nc(CC(=O)Nc2nccs2)cs1. The molecule has 2 heterocycles. The second-order valence-corrected chi connectivity index (χ2v) is 4.52. The highest BCUT2D eigenvalue weighted by molar-refractivity contribution is 7.14. The largest absolute Gasteiger partial charge is 0.375 e. The standard InChI is InChI=1S/C8H8N4OS2/c9-7-11-5(4-15-7)3-6(13)12-8-10-1-2-14-8/h1-2,4H,3H2,(H2,9,11)(H,10,12,13). The minimum absolute atomic E-state index is 0.129. The van der Waals surface area contributed by atoms with E-state index in [4.69, 9.17) is 5.73 Å². The average Bonchev–Trinajstić information content (AvgIpc) is 2.77. The van der Waals surface area contributed by atoms with Crippen LogP contribution in [0.5, 0.6) is 0 Å². The third-order valence-corrected chi connectivity index (χ3v) is 3.00. The fraction of sp³-hybridized carbons (Fsp3) is 0.125. The first kappa shape index (κ1) is 10.1. The number of nitrogen functional groups attached to an aromatic ring is 1. The first-order valence-corrected chi connectivity index (χ1v) is 5.89. The van der Waals surface area contributed by atoms with Crippen molar-refractivity contribution in [2.45, 2.75) is 6.42 Å². The van der Waals surface area contributed by atoms with Crippen molar-refractivity contribution in [1.82, 2.24) is 9.97 Å². The number of carbonyl (C=O) groups excluding carboxylic acids is 1. The predicted octanol–water partition coefficient (Wildman–Crippen LogP) is 1.36. The third-order valence-electron chi connectivity index (χ3n) is 1.59. The zero-order valence-electron chi connectivity index (χ0n) is 7.64. The molecule has 3 N–H and O–H groups in total. The summed E-state index contributed by atoms with van der Waals surface area (Å²) in [7, 11) is 0. The molecule has 0 spiro atoms. The molecule has 2 aromatic heterocycles. The molecule has 0 fully saturated rings. The summed E-state index contributed by atoms with van der Waals surface area (Å²) < 4.78 is 0. The van der Waals surface area contributed by atoms with Crippen LogP contribution in [0.4, 0.5) is 10.3 Å². The monoisotopic (exact) mass is 240 g/mol. The first-order valence-electron chi connectivity index (χ1n) is 4.13. The number of nitrogens with one attached hydrogen (secondary N) is 1. The van der Waals surface area contributed by atoms with Crippen molar-refractivity contribution in [2.75, 3.05) is 11.1 Å². The molecule has 0 atom stereocenters. The van der Waals surface area contributed by atoms with Gasteiger partial charge in [-0.05, 0) is 0 Å². The minimum Gasteiger partial charge on any atom is -0.375 e. The van der Waals surface area contributed by atoms with E-state index in [1.807, 2.05) is 0 Å². The number of anilines is 2. The molecule has 0 aromatic carbocycles. The van der Waals surface area contributed by atoms with Crippen LogP contribution >= 0.6 is 22.7 Å². The molecule has 78 valence electrons. The molecule has 0 radical (unpaired) electrons. The van der Waals surface area contributed by atoms with Crippen LogP contribution in [0.25, 0.3) is 0 Å². The van der Waals surface area contributed by atoms with Crippen molar-refractivity contribution in [1.29, 1.82) is 0 Å². The van der Waals surface area contributed by atoms with Gasteiger partial charge in [0.25, 0.3) is 0 Å². The summed E-state index contributed by atoms with van der Waals surface area (Å²) in [6.07, 6.45) is 1.87. The fourth-order valence-electron chi connectivity index (χ4n) is 1.02. The van der Waals surface area contributed by atoms with Gasteiger partial charge >= 0.3 is 0 Å². The number of aromatic nitrogens is 2. The molecule has 0 unspecified atom stereocenters. The van der Waals surface area contributed by atoms with Gasteiger partial charge in [-0.15, -0.1) is 22.7 Å². The normalized spacial score (nSPS) is 10.1. The van der Waals surface area contributed by atoms with Crippen LogP contribution in [0.15, 0.2) is 17.0 Å². The van der Waals surface area contributed by atoms with Gasteiger partial charge in [0.1, 0.15) is 0 Å². The van der Waals surface area contributed by atoms with E-state index in [0.717, 1.165) is 0 Å². The molecule has 0 saturated heterocycles. The number of nitrogens with zero attached hydrogens (tertiary/aromatic N) is 2. The fourth-order valence-corrected chi connectivity index (χ4v) is 2.12. The highest BCUT2D eigenvalue weighted by Gasteiger charge is 2.07. The van der Waals surface area contributed by atoms with Crippen molar-refractivity contribution in [3.8, 4) is 0 Å². The van der Waals surface area contributed by atoms with E-state index < -0.39 is 0 Å². The molecule has 0 aliphatic carbocycles. The molecular formula is C8H8N4OS2. The molecular weight excluding hydrogens is 232 g/mol. The van der Waals surface area contributed by atoms with Crippen LogP contribution in [0, 0.1) is 0 Å². The number of hydrogen-bond acceptors (Lipinski definition) is 6. The molecule has 0 bridgehead atoms. The van der Waals surface area contributed by atoms with Crippen LogP contribution in [-0.4, -0.2) is 15.9 Å². The van der Waals surface area contributed by atoms with Gasteiger partial charge in [-0.25, -0.2) is 9.97 Å². The minimum atomic E-state index is -0.129. The Morgan fingerprint density at radius 2 is 2.40 bits per heavy atom. The lowest BCUT2D eigenvalue weighted by atomic mass is 10.3. The van der Waals surface area contributed by atoms with Crippen LogP contribution < -0.4 is 11.1 Å². The van der Waals surface area contributed by atoms with E-state index >= 15 is 0 Å². The molecule has 7 heteroatoms. The Kier molecular flexibility index (Phi) is 2.93. The lowest BCUT2D eigenvalue weighted by Crippen LogP contribution is -2.14. The summed E-state index contributed by atoms with van der Waals surface area (Å²) in [5, 5.41) is 7.33. The van der Waals surface area contributed by atoms with Gasteiger partial charge in [-0.1, -0.05) is 0 Å². The van der Waals surface area contributed by atoms with Crippen molar-refractivity contribution < 1.29 is 4.79 Å². The molecule has 0 saturated carbocycles. The Labute approximate surface area is 94.0 Å². The Hall–Kier alpha value is -1.47. The van der Waals surface area contributed by atoms with Crippen molar-refractivity contribution in [3.63, 3.8) is 0 Å². The quantitative estimate of drug-likeness (QED) is 0.848. The molecule has 0 aliphatic heterocycles. The van der Waals surface area contributed by atoms with E-state index in [2.05, 4.69) is 15.3 Å². The highest BCUT2D eigenvalue weighted by atomic mass is 32.1. The Morgan fingerprint density at radius 3 is 3.00 bits per heavy atom. The summed E-state index contributed by atoms with van der Waals surface area (Å²) in [6, 6.07) is 0. The second-order valence-electron chi connectivity index (χ2n) is 2.74. The molecule has 2 rings (SSSR count). The molecule has 5 nitrogen and oxygen atoms in total. The molecule has 15 heavy (non-hydrogen) atoms. The van der Waals surface area contributed by atoms with E-state index in [9.17, 15) is 4.79 Å². The summed E-state index contributed by atoms with van der Waals surface area (Å²) in [5.74, 6) is -0.129. The summed E-state index contributed by atoms with van der Waals surface area (Å²) in [6.45, 7) is 0. The number of nitrogens with two attached hydrogens (primary N) is 1. The van der Waals surface area contributed by atoms with Gasteiger partial charge in [0.2, 0.25) is 5.91 Å². The number of amides is 1. The van der Waals surface area contributed by atoms with Gasteiger partial charge < -0.3 is 11.1 Å². The van der Waals surface area contributed by atoms with E-state index in [1.165, 1.54) is 22.7 Å². The zero-order chi connectivity index (χ0) is 10.7. The van der Waals surface area contributed by atoms with Crippen LogP contribution in [0.1, 0.15) is 5.69 Å². The van der Waals surface area contributed by atoms with E-state index in [0.29, 0.717) is 16.0 Å². The number of thiazole rings is 2. The van der Waals surface area contributed by atoms with Gasteiger partial charge in [-0.3, -0.25) is 4.79 Å². The third kappa shape index (κ3) is 2.74. The van der Waals surface area contributed by atoms with Gasteiger partial charge in [0.05, 0.1) is 12.1 Å². The second kappa shape index (κ2) is 4.37. The van der Waals surface area contributed by atoms with Crippen molar-refractivity contribution in [3.05, 3.63) is 22.7 Å². The summed E-state index contributed by atoms with van der Waals surface area (Å²) in [4.78, 5) is 19.4. The maximum atomic E-state index is 11.5. The van der Waals surface area contributed by atoms with Gasteiger partial charge in [0.15, 0.2) is 10.3 Å². The van der Waals surface area contributed by atoms with Crippen molar-refractivity contribution >= 4 is 38.8 Å². The van der Waals surface area contributed by atoms with E-state index in [-0.39, 0.29) is 12.3 Å². The zero-order valence-corrected chi connectivity index (χ0v) is 9.27. The average molecular weight is 240 g/mol. The topological polar surface area (TPSA) is 80.9 Å². The van der Waals surface area contributed by atoms with Crippen LogP contribution in [-0.2, 0) is 11.2 Å². The van der Waals surface area contributed by atoms with Gasteiger partial charge in [-0.2, -0.15) is 0 Å². The van der Waals surface area contributed by atoms with Crippen LogP contribution in [0.3, 0.4) is 0 Å². The molecule has 1 amide bonds. The lowest BCUT2D eigenvalue weighted by molar-refractivity contribution is -0.115. The summed E-state index contributed by atoms with van der Waals surface area (Å²) in [5.41, 5.74) is 6.14. The van der Waals surface area contributed by atoms with Crippen molar-refractivity contribution in [2.24, 2.45) is 0 Å². The maximum absolute atomic E-state index is 11.5. The van der Waals surface area contributed by atoms with E-state index in [1.54, 1.807) is 17.0 Å². The van der Waals surface area contributed by atoms with Gasteiger partial charge in [0, 0.05) is 17.0 Å². The first-order chi connectivity index (χ1) is 7.24. The Balaban J connectivity index is 1.93. The summed E-state index contributed by atoms with van der Waals surface area (Å²) >= 11 is 2.71. The predicted molar refractivity (Wildman–Crippen MR) is 61.0 cm³/mol. The van der Waals surface area contributed by atoms with Crippen LogP contribution in [0.2, 0.25) is 0 Å². The molecule has 0 aliphatic rings. The number of rotatable bonds is 3. The lowest BCUT2D eigenvalue weighted by Gasteiger charge is -1.98. The smallest absolute Gasteiger partial charge is 0.232 e. The highest BCUT2D eigenvalue weighted by Crippen LogP contribution is 2.13. The maximum Gasteiger partial charge on any atom is 0.232 e. The Morgan fingerprint density at radius 1 is 1.53 bits per heavy atom.